The Morgan fingerprint density at radius 1 is 1.33 bits per heavy atom. The summed E-state index contributed by atoms with van der Waals surface area (Å²) < 4.78 is 10.4. The number of carbonyl (C=O) groups excluding carboxylic acids is 1. The van der Waals surface area contributed by atoms with Crippen LogP contribution in [0.2, 0.25) is 0 Å². The molecule has 1 aliphatic rings. The first-order valence-corrected chi connectivity index (χ1v) is 6.43. The van der Waals surface area contributed by atoms with Crippen molar-refractivity contribution in [1.29, 1.82) is 0 Å². The maximum Gasteiger partial charge on any atom is 0.316 e. The molecule has 1 aliphatic carbocycles. The molecule has 0 bridgehead atoms. The number of hydrogen-bond acceptors (Lipinski definition) is 3. The molecule has 1 aromatic carbocycles. The Kier molecular flexibility index (Phi) is 3.60. The van der Waals surface area contributed by atoms with Crippen LogP contribution in [0.3, 0.4) is 0 Å². The van der Waals surface area contributed by atoms with E-state index in [0.29, 0.717) is 0 Å². The van der Waals surface area contributed by atoms with Crippen molar-refractivity contribution in [2.24, 2.45) is 0 Å². The van der Waals surface area contributed by atoms with Crippen molar-refractivity contribution in [3.05, 3.63) is 29.3 Å². The van der Waals surface area contributed by atoms with Crippen LogP contribution in [0.4, 0.5) is 0 Å². The van der Waals surface area contributed by atoms with Gasteiger partial charge in [-0.15, -0.1) is 0 Å². The van der Waals surface area contributed by atoms with E-state index in [4.69, 9.17) is 9.47 Å². The van der Waals surface area contributed by atoms with E-state index in [1.807, 2.05) is 12.1 Å². The molecule has 0 radical (unpaired) electrons. The van der Waals surface area contributed by atoms with Gasteiger partial charge < -0.3 is 9.47 Å². The van der Waals surface area contributed by atoms with Gasteiger partial charge in [0, 0.05) is 5.56 Å². The molecule has 1 fully saturated rings. The third kappa shape index (κ3) is 1.88. The number of carbonyl (C=O) groups is 1. The second kappa shape index (κ2) is 5.01. The summed E-state index contributed by atoms with van der Waals surface area (Å²) in [6.45, 7) is 2.11. The summed E-state index contributed by atoms with van der Waals surface area (Å²) in [6.07, 6.45) is 3.72. The van der Waals surface area contributed by atoms with Gasteiger partial charge in [0.25, 0.3) is 0 Å². The summed E-state index contributed by atoms with van der Waals surface area (Å²) in [4.78, 5) is 12.1. The quantitative estimate of drug-likeness (QED) is 0.769. The molecule has 0 amide bonds. The van der Waals surface area contributed by atoms with E-state index in [1.54, 1.807) is 7.11 Å². The molecule has 98 valence electrons. The molecule has 2 rings (SSSR count). The second-order valence-electron chi connectivity index (χ2n) is 4.82. The van der Waals surface area contributed by atoms with Crippen molar-refractivity contribution in [3.63, 3.8) is 0 Å². The van der Waals surface area contributed by atoms with Crippen molar-refractivity contribution < 1.29 is 14.3 Å². The first-order chi connectivity index (χ1) is 8.67. The SMILES string of the molecule is CCc1ccc(OC)c(C2(C(=O)OC)CCC2)c1. The lowest BCUT2D eigenvalue weighted by atomic mass is 9.64. The first-order valence-electron chi connectivity index (χ1n) is 6.43. The Hall–Kier alpha value is -1.51. The molecular weight excluding hydrogens is 228 g/mol. The van der Waals surface area contributed by atoms with Gasteiger partial charge in [-0.1, -0.05) is 25.5 Å². The number of rotatable bonds is 4. The Balaban J connectivity index is 2.50. The molecule has 0 unspecified atom stereocenters. The molecule has 18 heavy (non-hydrogen) atoms. The summed E-state index contributed by atoms with van der Waals surface area (Å²) in [5, 5.41) is 0. The molecule has 0 spiro atoms. The van der Waals surface area contributed by atoms with Crippen LogP contribution in [0.15, 0.2) is 18.2 Å². The number of esters is 1. The fourth-order valence-corrected chi connectivity index (χ4v) is 2.66. The monoisotopic (exact) mass is 248 g/mol. The second-order valence-corrected chi connectivity index (χ2v) is 4.82. The molecule has 0 atom stereocenters. The third-order valence-electron chi connectivity index (χ3n) is 3.97. The highest BCUT2D eigenvalue weighted by molar-refractivity contribution is 5.85. The smallest absolute Gasteiger partial charge is 0.316 e. The molecule has 0 aliphatic heterocycles. The van der Waals surface area contributed by atoms with Crippen LogP contribution in [-0.2, 0) is 21.4 Å². The van der Waals surface area contributed by atoms with Crippen molar-refractivity contribution >= 4 is 5.97 Å². The van der Waals surface area contributed by atoms with Crippen molar-refractivity contribution in [3.8, 4) is 5.75 Å². The van der Waals surface area contributed by atoms with Gasteiger partial charge in [-0.05, 0) is 30.9 Å². The highest BCUT2D eigenvalue weighted by Crippen LogP contribution is 2.48. The Morgan fingerprint density at radius 3 is 2.50 bits per heavy atom. The Bertz CT molecular complexity index is 447. The number of aryl methyl sites for hydroxylation is 1. The lowest BCUT2D eigenvalue weighted by Crippen LogP contribution is -2.43. The van der Waals surface area contributed by atoms with Crippen LogP contribution in [0.5, 0.6) is 5.75 Å². The number of hydrogen-bond donors (Lipinski definition) is 0. The molecule has 3 nitrogen and oxygen atoms in total. The molecule has 1 saturated carbocycles. The predicted octanol–water partition coefficient (Wildman–Crippen LogP) is 2.85. The highest BCUT2D eigenvalue weighted by Gasteiger charge is 2.48. The molecule has 0 saturated heterocycles. The largest absolute Gasteiger partial charge is 0.496 e. The minimum absolute atomic E-state index is 0.139. The topological polar surface area (TPSA) is 35.5 Å². The van der Waals surface area contributed by atoms with E-state index in [9.17, 15) is 4.79 Å². The van der Waals surface area contributed by atoms with E-state index in [-0.39, 0.29) is 5.97 Å². The van der Waals surface area contributed by atoms with Crippen LogP contribution >= 0.6 is 0 Å². The van der Waals surface area contributed by atoms with Gasteiger partial charge in [0.05, 0.1) is 19.6 Å². The Labute approximate surface area is 108 Å². The summed E-state index contributed by atoms with van der Waals surface area (Å²) in [5.74, 6) is 0.651. The molecule has 0 N–H and O–H groups in total. The van der Waals surface area contributed by atoms with E-state index in [0.717, 1.165) is 37.0 Å². The van der Waals surface area contributed by atoms with Gasteiger partial charge in [-0.25, -0.2) is 0 Å². The van der Waals surface area contributed by atoms with Gasteiger partial charge in [-0.3, -0.25) is 4.79 Å². The van der Waals surface area contributed by atoms with Crippen LogP contribution < -0.4 is 4.74 Å². The van der Waals surface area contributed by atoms with Gasteiger partial charge in [0.15, 0.2) is 0 Å². The predicted molar refractivity (Wildman–Crippen MR) is 69.9 cm³/mol. The van der Waals surface area contributed by atoms with Crippen molar-refractivity contribution in [2.45, 2.75) is 38.0 Å². The number of methoxy groups -OCH3 is 2. The average Bonchev–Trinajstić information content (AvgIpc) is 2.37. The van der Waals surface area contributed by atoms with Crippen molar-refractivity contribution in [1.82, 2.24) is 0 Å². The van der Waals surface area contributed by atoms with E-state index < -0.39 is 5.41 Å². The highest BCUT2D eigenvalue weighted by atomic mass is 16.5. The summed E-state index contributed by atoms with van der Waals surface area (Å²) >= 11 is 0. The van der Waals surface area contributed by atoms with E-state index >= 15 is 0 Å². The molecule has 1 aromatic rings. The minimum atomic E-state index is -0.481. The molecule has 0 aromatic heterocycles. The van der Waals surface area contributed by atoms with E-state index in [2.05, 4.69) is 13.0 Å². The first kappa shape index (κ1) is 12.9. The summed E-state index contributed by atoms with van der Waals surface area (Å²) in [5.41, 5.74) is 1.73. The Morgan fingerprint density at radius 2 is 2.06 bits per heavy atom. The lowest BCUT2D eigenvalue weighted by molar-refractivity contribution is -0.151. The molecule has 0 heterocycles. The van der Waals surface area contributed by atoms with Gasteiger partial charge in [-0.2, -0.15) is 0 Å². The fourth-order valence-electron chi connectivity index (χ4n) is 2.66. The van der Waals surface area contributed by atoms with Crippen molar-refractivity contribution in [2.75, 3.05) is 14.2 Å². The van der Waals surface area contributed by atoms with Crippen LogP contribution in [0.1, 0.15) is 37.3 Å². The lowest BCUT2D eigenvalue weighted by Gasteiger charge is -2.40. The average molecular weight is 248 g/mol. The van der Waals surface area contributed by atoms with Crippen LogP contribution in [0, 0.1) is 0 Å². The standard InChI is InChI=1S/C15H20O3/c1-4-11-6-7-13(17-2)12(10-11)15(8-5-9-15)14(16)18-3/h6-7,10H,4-5,8-9H2,1-3H3. The van der Waals surface area contributed by atoms with Gasteiger partial charge in [0.2, 0.25) is 0 Å². The summed E-state index contributed by atoms with van der Waals surface area (Å²) in [6, 6.07) is 6.10. The third-order valence-corrected chi connectivity index (χ3v) is 3.97. The zero-order valence-electron chi connectivity index (χ0n) is 11.3. The molecular formula is C15H20O3. The van der Waals surface area contributed by atoms with Crippen LogP contribution in [-0.4, -0.2) is 20.2 Å². The van der Waals surface area contributed by atoms with Gasteiger partial charge >= 0.3 is 5.97 Å². The summed E-state index contributed by atoms with van der Waals surface area (Å²) in [7, 11) is 3.10. The number of ether oxygens (including phenoxy) is 2. The van der Waals surface area contributed by atoms with Gasteiger partial charge in [0.1, 0.15) is 5.75 Å². The number of benzene rings is 1. The zero-order chi connectivity index (χ0) is 13.2. The maximum absolute atomic E-state index is 12.1. The van der Waals surface area contributed by atoms with Crippen LogP contribution in [0.25, 0.3) is 0 Å². The maximum atomic E-state index is 12.1. The minimum Gasteiger partial charge on any atom is -0.496 e. The fraction of sp³-hybridized carbons (Fsp3) is 0.533. The molecule has 3 heteroatoms. The zero-order valence-corrected chi connectivity index (χ0v) is 11.3. The normalized spacial score (nSPS) is 16.8. The van der Waals surface area contributed by atoms with E-state index in [1.165, 1.54) is 12.7 Å².